The van der Waals surface area contributed by atoms with E-state index >= 15 is 0 Å². The fourth-order valence-corrected chi connectivity index (χ4v) is 0.571. The summed E-state index contributed by atoms with van der Waals surface area (Å²) in [6.45, 7) is 7.24. The van der Waals surface area contributed by atoms with Crippen molar-refractivity contribution in [1.82, 2.24) is 0 Å². The number of carbonyl (C=O) groups is 1. The summed E-state index contributed by atoms with van der Waals surface area (Å²) in [7, 11) is 0. The predicted octanol–water partition coefficient (Wildman–Crippen LogP) is 2.49. The molecule has 0 saturated heterocycles. The summed E-state index contributed by atoms with van der Waals surface area (Å²) < 4.78 is 0. The fraction of sp³-hybridized carbons (Fsp3) is 0.444. The fourth-order valence-electron chi connectivity index (χ4n) is 0.571. The van der Waals surface area contributed by atoms with Gasteiger partial charge in [0.15, 0.2) is 0 Å². The van der Waals surface area contributed by atoms with Gasteiger partial charge in [-0.25, -0.2) is 0 Å². The standard InChI is InChI=1S/C9H14O/c1-8(2)6-4-5-7-9(3)10/h4,6H,1,5,7H2,2-3H3/b6-4+. The van der Waals surface area contributed by atoms with Gasteiger partial charge < -0.3 is 4.79 Å². The maximum atomic E-state index is 10.4. The first-order valence-electron chi connectivity index (χ1n) is 3.44. The molecule has 56 valence electrons. The van der Waals surface area contributed by atoms with Gasteiger partial charge in [-0.05, 0) is 20.3 Å². The van der Waals surface area contributed by atoms with Crippen molar-refractivity contribution in [1.29, 1.82) is 0 Å². The molecule has 0 atom stereocenters. The first-order valence-corrected chi connectivity index (χ1v) is 3.44. The van der Waals surface area contributed by atoms with Crippen LogP contribution < -0.4 is 0 Å². The molecular formula is C9H14O. The lowest BCUT2D eigenvalue weighted by Crippen LogP contribution is -1.86. The van der Waals surface area contributed by atoms with Gasteiger partial charge in [-0.3, -0.25) is 0 Å². The van der Waals surface area contributed by atoms with Gasteiger partial charge in [0.2, 0.25) is 0 Å². The van der Waals surface area contributed by atoms with Crippen molar-refractivity contribution in [2.75, 3.05) is 0 Å². The van der Waals surface area contributed by atoms with Gasteiger partial charge in [0.05, 0.1) is 0 Å². The van der Waals surface area contributed by atoms with Crippen molar-refractivity contribution in [3.05, 3.63) is 24.3 Å². The number of ketones is 1. The highest BCUT2D eigenvalue weighted by Gasteiger charge is 1.87. The molecule has 0 rings (SSSR count). The molecule has 0 aliphatic heterocycles. The largest absolute Gasteiger partial charge is 0.300 e. The molecule has 0 heterocycles. The molecule has 0 aromatic rings. The number of allylic oxidation sites excluding steroid dienone is 3. The van der Waals surface area contributed by atoms with Crippen LogP contribution in [0.2, 0.25) is 0 Å². The minimum absolute atomic E-state index is 0.242. The normalized spacial score (nSPS) is 10.2. The molecule has 1 heteroatoms. The van der Waals surface area contributed by atoms with Gasteiger partial charge in [-0.1, -0.05) is 24.3 Å². The minimum Gasteiger partial charge on any atom is -0.300 e. The van der Waals surface area contributed by atoms with E-state index in [0.717, 1.165) is 12.0 Å². The topological polar surface area (TPSA) is 17.1 Å². The Kier molecular flexibility index (Phi) is 4.55. The van der Waals surface area contributed by atoms with E-state index in [-0.39, 0.29) is 5.78 Å². The van der Waals surface area contributed by atoms with Gasteiger partial charge in [-0.15, -0.1) is 0 Å². The summed E-state index contributed by atoms with van der Waals surface area (Å²) in [6, 6.07) is 0. The lowest BCUT2D eigenvalue weighted by molar-refractivity contribution is -0.116. The third kappa shape index (κ3) is 7.15. The van der Waals surface area contributed by atoms with Crippen LogP contribution in [0, 0.1) is 0 Å². The number of Topliss-reactive ketones (excluding diaryl/α,β-unsaturated/α-hetero) is 1. The average molecular weight is 138 g/mol. The molecule has 0 bridgehead atoms. The van der Waals surface area contributed by atoms with Gasteiger partial charge >= 0.3 is 0 Å². The van der Waals surface area contributed by atoms with Crippen LogP contribution in [0.15, 0.2) is 24.3 Å². The highest BCUT2D eigenvalue weighted by Crippen LogP contribution is 1.95. The number of hydrogen-bond donors (Lipinski definition) is 0. The van der Waals surface area contributed by atoms with E-state index in [0.29, 0.717) is 6.42 Å². The molecule has 0 aromatic heterocycles. The summed E-state index contributed by atoms with van der Waals surface area (Å²) in [5.41, 5.74) is 1.03. The Morgan fingerprint density at radius 1 is 1.50 bits per heavy atom. The summed E-state index contributed by atoms with van der Waals surface area (Å²) in [4.78, 5) is 10.4. The predicted molar refractivity (Wildman–Crippen MR) is 43.9 cm³/mol. The summed E-state index contributed by atoms with van der Waals surface area (Å²) >= 11 is 0. The first kappa shape index (κ1) is 9.15. The Bertz CT molecular complexity index is 154. The molecule has 0 fully saturated rings. The van der Waals surface area contributed by atoms with Crippen molar-refractivity contribution in [2.45, 2.75) is 26.7 Å². The van der Waals surface area contributed by atoms with Crippen molar-refractivity contribution in [3.8, 4) is 0 Å². The second-order valence-corrected chi connectivity index (χ2v) is 2.49. The SMILES string of the molecule is C=C(C)/C=C/CCC(C)=O. The van der Waals surface area contributed by atoms with Crippen LogP contribution in [-0.2, 0) is 4.79 Å². The van der Waals surface area contributed by atoms with E-state index in [1.54, 1.807) is 6.92 Å². The average Bonchev–Trinajstić information content (AvgIpc) is 1.79. The molecule has 0 N–H and O–H groups in total. The molecule has 0 aliphatic rings. The van der Waals surface area contributed by atoms with E-state index in [2.05, 4.69) is 6.58 Å². The lowest BCUT2D eigenvalue weighted by atomic mass is 10.2. The van der Waals surface area contributed by atoms with E-state index < -0.39 is 0 Å². The maximum Gasteiger partial charge on any atom is 0.130 e. The van der Waals surface area contributed by atoms with Crippen LogP contribution >= 0.6 is 0 Å². The third-order valence-corrected chi connectivity index (χ3v) is 1.07. The van der Waals surface area contributed by atoms with Gasteiger partial charge in [0.1, 0.15) is 5.78 Å². The summed E-state index contributed by atoms with van der Waals surface area (Å²) in [6.07, 6.45) is 5.39. The molecule has 10 heavy (non-hydrogen) atoms. The smallest absolute Gasteiger partial charge is 0.130 e. The Balaban J connectivity index is 3.36. The van der Waals surface area contributed by atoms with E-state index in [1.807, 2.05) is 19.1 Å². The van der Waals surface area contributed by atoms with Gasteiger partial charge in [0, 0.05) is 6.42 Å². The van der Waals surface area contributed by atoms with Crippen LogP contribution in [0.1, 0.15) is 26.7 Å². The zero-order chi connectivity index (χ0) is 7.98. The van der Waals surface area contributed by atoms with Crippen LogP contribution in [-0.4, -0.2) is 5.78 Å². The number of hydrogen-bond acceptors (Lipinski definition) is 1. The third-order valence-electron chi connectivity index (χ3n) is 1.07. The van der Waals surface area contributed by atoms with Crippen LogP contribution in [0.25, 0.3) is 0 Å². The number of carbonyl (C=O) groups excluding carboxylic acids is 1. The Morgan fingerprint density at radius 3 is 2.50 bits per heavy atom. The molecule has 0 amide bonds. The minimum atomic E-state index is 0.242. The second-order valence-electron chi connectivity index (χ2n) is 2.49. The highest BCUT2D eigenvalue weighted by atomic mass is 16.1. The highest BCUT2D eigenvalue weighted by molar-refractivity contribution is 5.75. The molecule has 0 radical (unpaired) electrons. The Labute approximate surface area is 62.4 Å². The first-order chi connectivity index (χ1) is 4.63. The van der Waals surface area contributed by atoms with Crippen molar-refractivity contribution >= 4 is 5.78 Å². The number of rotatable bonds is 4. The molecule has 0 saturated carbocycles. The molecule has 0 spiro atoms. The Morgan fingerprint density at radius 2 is 2.10 bits per heavy atom. The zero-order valence-electron chi connectivity index (χ0n) is 6.68. The van der Waals surface area contributed by atoms with E-state index in [9.17, 15) is 4.79 Å². The zero-order valence-corrected chi connectivity index (χ0v) is 6.68. The van der Waals surface area contributed by atoms with Crippen LogP contribution in [0.3, 0.4) is 0 Å². The van der Waals surface area contributed by atoms with Crippen molar-refractivity contribution in [3.63, 3.8) is 0 Å². The van der Waals surface area contributed by atoms with Crippen molar-refractivity contribution in [2.24, 2.45) is 0 Å². The Hall–Kier alpha value is -0.850. The van der Waals surface area contributed by atoms with Gasteiger partial charge in [0.25, 0.3) is 0 Å². The monoisotopic (exact) mass is 138 g/mol. The van der Waals surface area contributed by atoms with Crippen LogP contribution in [0.4, 0.5) is 0 Å². The summed E-state index contributed by atoms with van der Waals surface area (Å²) in [5, 5.41) is 0. The van der Waals surface area contributed by atoms with E-state index in [1.165, 1.54) is 0 Å². The second kappa shape index (κ2) is 4.98. The lowest BCUT2D eigenvalue weighted by Gasteiger charge is -1.87. The van der Waals surface area contributed by atoms with Gasteiger partial charge in [-0.2, -0.15) is 0 Å². The van der Waals surface area contributed by atoms with E-state index in [4.69, 9.17) is 0 Å². The van der Waals surface area contributed by atoms with Crippen molar-refractivity contribution < 1.29 is 4.79 Å². The molecular weight excluding hydrogens is 124 g/mol. The molecule has 0 unspecified atom stereocenters. The molecule has 0 aromatic carbocycles. The molecule has 0 aliphatic carbocycles. The maximum absolute atomic E-state index is 10.4. The quantitative estimate of drug-likeness (QED) is 0.545. The van der Waals surface area contributed by atoms with Crippen LogP contribution in [0.5, 0.6) is 0 Å². The molecule has 1 nitrogen and oxygen atoms in total. The summed E-state index contributed by atoms with van der Waals surface area (Å²) in [5.74, 6) is 0.242.